The van der Waals surface area contributed by atoms with Crippen LogP contribution in [0.5, 0.6) is 0 Å². The molecule has 0 bridgehead atoms. The highest BCUT2D eigenvalue weighted by Crippen LogP contribution is 2.26. The second-order valence-corrected chi connectivity index (χ2v) is 11.9. The molecule has 0 heterocycles. The smallest absolute Gasteiger partial charge is 0.264 e. The molecule has 2 atom stereocenters. The second-order valence-electron chi connectivity index (χ2n) is 9.62. The van der Waals surface area contributed by atoms with Crippen LogP contribution >= 0.6 is 11.6 Å². The molecule has 0 aliphatic carbocycles. The molecule has 208 valence electrons. The first kappa shape index (κ1) is 30.2. The molecule has 7 nitrogen and oxygen atoms in total. The van der Waals surface area contributed by atoms with E-state index < -0.39 is 28.5 Å². The van der Waals surface area contributed by atoms with E-state index in [1.807, 2.05) is 57.2 Å². The Kier molecular flexibility index (Phi) is 10.5. The molecule has 3 aromatic rings. The number of nitrogens with one attached hydrogen (secondary N) is 1. The van der Waals surface area contributed by atoms with Crippen LogP contribution in [0.25, 0.3) is 0 Å². The molecule has 39 heavy (non-hydrogen) atoms. The second kappa shape index (κ2) is 13.6. The Labute approximate surface area is 236 Å². The van der Waals surface area contributed by atoms with E-state index in [1.165, 1.54) is 29.2 Å². The lowest BCUT2D eigenvalue weighted by molar-refractivity contribution is -0.139. The van der Waals surface area contributed by atoms with Gasteiger partial charge in [0.1, 0.15) is 12.6 Å². The number of benzene rings is 3. The summed E-state index contributed by atoms with van der Waals surface area (Å²) in [4.78, 5) is 28.4. The molecule has 0 aliphatic rings. The van der Waals surface area contributed by atoms with Gasteiger partial charge in [-0.1, -0.05) is 61.0 Å². The van der Waals surface area contributed by atoms with E-state index in [0.717, 1.165) is 21.9 Å². The van der Waals surface area contributed by atoms with Gasteiger partial charge in [-0.3, -0.25) is 13.9 Å². The van der Waals surface area contributed by atoms with Crippen molar-refractivity contribution in [2.75, 3.05) is 17.4 Å². The quantitative estimate of drug-likeness (QED) is 0.324. The van der Waals surface area contributed by atoms with E-state index in [-0.39, 0.29) is 23.4 Å². The van der Waals surface area contributed by atoms with Gasteiger partial charge in [0.15, 0.2) is 0 Å². The van der Waals surface area contributed by atoms with Crippen LogP contribution in [0.15, 0.2) is 83.8 Å². The van der Waals surface area contributed by atoms with Crippen molar-refractivity contribution in [2.24, 2.45) is 0 Å². The van der Waals surface area contributed by atoms with E-state index >= 15 is 0 Å². The minimum atomic E-state index is -4.13. The molecular formula is C30H36ClN3O4S. The Hall–Kier alpha value is -3.36. The number of rotatable bonds is 12. The minimum absolute atomic E-state index is 0.0135. The number of carbonyl (C=O) groups is 2. The van der Waals surface area contributed by atoms with Crippen molar-refractivity contribution in [3.63, 3.8) is 0 Å². The summed E-state index contributed by atoms with van der Waals surface area (Å²) in [7, 11) is -4.13. The maximum atomic E-state index is 13.9. The molecule has 3 rings (SSSR count). The van der Waals surface area contributed by atoms with E-state index in [0.29, 0.717) is 17.1 Å². The summed E-state index contributed by atoms with van der Waals surface area (Å²) in [6.45, 7) is 7.18. The zero-order valence-electron chi connectivity index (χ0n) is 22.8. The van der Waals surface area contributed by atoms with Crippen LogP contribution in [0, 0.1) is 6.92 Å². The van der Waals surface area contributed by atoms with Gasteiger partial charge in [0.05, 0.1) is 10.6 Å². The average molecular weight is 570 g/mol. The van der Waals surface area contributed by atoms with Gasteiger partial charge in [0, 0.05) is 17.6 Å². The van der Waals surface area contributed by atoms with E-state index in [1.54, 1.807) is 25.1 Å². The molecule has 0 saturated heterocycles. The summed E-state index contributed by atoms with van der Waals surface area (Å²) in [5, 5.41) is 3.34. The maximum Gasteiger partial charge on any atom is 0.264 e. The van der Waals surface area contributed by atoms with Crippen LogP contribution < -0.4 is 9.62 Å². The number of hydrogen-bond donors (Lipinski definition) is 1. The maximum absolute atomic E-state index is 13.9. The van der Waals surface area contributed by atoms with Crippen LogP contribution in [0.4, 0.5) is 5.69 Å². The number of hydrogen-bond acceptors (Lipinski definition) is 4. The molecule has 0 saturated carbocycles. The Morgan fingerprint density at radius 2 is 1.62 bits per heavy atom. The largest absolute Gasteiger partial charge is 0.352 e. The van der Waals surface area contributed by atoms with Crippen molar-refractivity contribution in [1.29, 1.82) is 0 Å². The van der Waals surface area contributed by atoms with Gasteiger partial charge >= 0.3 is 0 Å². The fraction of sp³-hybridized carbons (Fsp3) is 0.333. The minimum Gasteiger partial charge on any atom is -0.352 e. The number of sulfonamides is 1. The SMILES string of the molecule is CCC(C)NC(=O)C(C)N(CCc1ccccc1)C(=O)CN(c1cccc(C)c1)S(=O)(=O)c1ccc(Cl)cc1. The third-order valence-electron chi connectivity index (χ3n) is 6.62. The standard InChI is InChI=1S/C30H36ClN3O4S/c1-5-23(3)32-30(36)24(4)33(19-18-25-11-7-6-8-12-25)29(35)21-34(27-13-9-10-22(2)20-27)39(37,38)28-16-14-26(31)15-17-28/h6-17,20,23-24H,5,18-19,21H2,1-4H3,(H,32,36). The molecule has 0 aromatic heterocycles. The normalized spacial score (nSPS) is 12.8. The van der Waals surface area contributed by atoms with Crippen LogP contribution in [-0.2, 0) is 26.0 Å². The molecule has 0 fully saturated rings. The van der Waals surface area contributed by atoms with Gasteiger partial charge in [0.2, 0.25) is 11.8 Å². The summed E-state index contributed by atoms with van der Waals surface area (Å²) < 4.78 is 28.7. The van der Waals surface area contributed by atoms with E-state index in [4.69, 9.17) is 11.6 Å². The van der Waals surface area contributed by atoms with Crippen molar-refractivity contribution < 1.29 is 18.0 Å². The fourth-order valence-corrected chi connectivity index (χ4v) is 5.61. The average Bonchev–Trinajstić information content (AvgIpc) is 2.92. The molecule has 0 aliphatic heterocycles. The van der Waals surface area contributed by atoms with E-state index in [9.17, 15) is 18.0 Å². The van der Waals surface area contributed by atoms with Crippen molar-refractivity contribution in [3.8, 4) is 0 Å². The van der Waals surface area contributed by atoms with Gasteiger partial charge in [0.25, 0.3) is 10.0 Å². The first-order valence-electron chi connectivity index (χ1n) is 13.0. The lowest BCUT2D eigenvalue weighted by Crippen LogP contribution is -2.53. The lowest BCUT2D eigenvalue weighted by atomic mass is 10.1. The molecular weight excluding hydrogens is 534 g/mol. The Morgan fingerprint density at radius 1 is 0.949 bits per heavy atom. The zero-order chi connectivity index (χ0) is 28.6. The van der Waals surface area contributed by atoms with E-state index in [2.05, 4.69) is 5.32 Å². The van der Waals surface area contributed by atoms with Crippen molar-refractivity contribution in [2.45, 2.75) is 57.5 Å². The number of aryl methyl sites for hydroxylation is 1. The third kappa shape index (κ3) is 8.07. The van der Waals surface area contributed by atoms with Gasteiger partial charge in [-0.05, 0) is 81.1 Å². The Bertz CT molecular complexity index is 1360. The predicted molar refractivity (Wildman–Crippen MR) is 156 cm³/mol. The summed E-state index contributed by atoms with van der Waals surface area (Å²) in [5.74, 6) is -0.759. The highest BCUT2D eigenvalue weighted by Gasteiger charge is 2.32. The molecule has 1 N–H and O–H groups in total. The number of amides is 2. The highest BCUT2D eigenvalue weighted by molar-refractivity contribution is 7.92. The van der Waals surface area contributed by atoms with Gasteiger partial charge in [-0.2, -0.15) is 0 Å². The van der Waals surface area contributed by atoms with Crippen LogP contribution in [0.3, 0.4) is 0 Å². The van der Waals surface area contributed by atoms with Gasteiger partial charge in [-0.25, -0.2) is 8.42 Å². The highest BCUT2D eigenvalue weighted by atomic mass is 35.5. The molecule has 2 amide bonds. The van der Waals surface area contributed by atoms with Crippen molar-refractivity contribution in [3.05, 3.63) is 95.0 Å². The number of halogens is 1. The lowest BCUT2D eigenvalue weighted by Gasteiger charge is -2.32. The first-order chi connectivity index (χ1) is 18.5. The van der Waals surface area contributed by atoms with Gasteiger partial charge in [-0.15, -0.1) is 0 Å². The molecule has 0 radical (unpaired) electrons. The molecule has 2 unspecified atom stereocenters. The van der Waals surface area contributed by atoms with Crippen LogP contribution in [0.2, 0.25) is 5.02 Å². The number of carbonyl (C=O) groups excluding carboxylic acids is 2. The topological polar surface area (TPSA) is 86.8 Å². The summed E-state index contributed by atoms with van der Waals surface area (Å²) in [5.41, 5.74) is 2.21. The Morgan fingerprint density at radius 3 is 2.23 bits per heavy atom. The van der Waals surface area contributed by atoms with Crippen molar-refractivity contribution >= 4 is 39.1 Å². The fourth-order valence-electron chi connectivity index (χ4n) is 4.08. The zero-order valence-corrected chi connectivity index (χ0v) is 24.4. The number of anilines is 1. The predicted octanol–water partition coefficient (Wildman–Crippen LogP) is 5.22. The Balaban J connectivity index is 1.97. The summed E-state index contributed by atoms with van der Waals surface area (Å²) in [6.07, 6.45) is 1.26. The third-order valence-corrected chi connectivity index (χ3v) is 8.66. The molecule has 0 spiro atoms. The molecule has 3 aromatic carbocycles. The van der Waals surface area contributed by atoms with Gasteiger partial charge < -0.3 is 10.2 Å². The first-order valence-corrected chi connectivity index (χ1v) is 14.8. The summed E-state index contributed by atoms with van der Waals surface area (Å²) in [6, 6.07) is 21.6. The molecule has 9 heteroatoms. The summed E-state index contributed by atoms with van der Waals surface area (Å²) >= 11 is 5.99. The number of nitrogens with zero attached hydrogens (tertiary/aromatic N) is 2. The van der Waals surface area contributed by atoms with Crippen molar-refractivity contribution in [1.82, 2.24) is 10.2 Å². The van der Waals surface area contributed by atoms with Crippen LogP contribution in [-0.4, -0.2) is 50.3 Å². The monoisotopic (exact) mass is 569 g/mol. The van der Waals surface area contributed by atoms with Crippen LogP contribution in [0.1, 0.15) is 38.3 Å².